The Kier molecular flexibility index (Phi) is 5.58. The summed E-state index contributed by atoms with van der Waals surface area (Å²) in [5.41, 5.74) is 5.78. The number of nitrogens with one attached hydrogen (secondary N) is 4. The summed E-state index contributed by atoms with van der Waals surface area (Å²) in [7, 11) is 0. The molecule has 2 amide bonds. The van der Waals surface area contributed by atoms with Crippen LogP contribution < -0.4 is 22.1 Å². The number of likely N-dealkylation sites (tertiary alicyclic amines) is 1. The summed E-state index contributed by atoms with van der Waals surface area (Å²) in [5.74, 6) is 4.90. The zero-order valence-corrected chi connectivity index (χ0v) is 14.6. The van der Waals surface area contributed by atoms with Gasteiger partial charge < -0.3 is 15.1 Å². The molecule has 136 valence electrons. The minimum absolute atomic E-state index is 0.0414. The first-order valence-electron chi connectivity index (χ1n) is 8.11. The van der Waals surface area contributed by atoms with Crippen molar-refractivity contribution in [3.05, 3.63) is 10.6 Å². The number of hydrogen-bond acceptors (Lipinski definition) is 8. The first kappa shape index (κ1) is 17.7. The molecule has 1 atom stereocenters. The number of anilines is 1. The average Bonchev–Trinajstić information content (AvgIpc) is 3.24. The molecule has 3 rings (SSSR count). The fraction of sp³-hybridized carbons (Fsp3) is 0.571. The van der Waals surface area contributed by atoms with E-state index in [9.17, 15) is 9.59 Å². The van der Waals surface area contributed by atoms with Gasteiger partial charge in [0.2, 0.25) is 11.8 Å². The lowest BCUT2D eigenvalue weighted by Gasteiger charge is -2.26. The third kappa shape index (κ3) is 4.12. The van der Waals surface area contributed by atoms with Crippen molar-refractivity contribution in [2.45, 2.75) is 19.4 Å². The highest BCUT2D eigenvalue weighted by Crippen LogP contribution is 2.29. The van der Waals surface area contributed by atoms with Crippen molar-refractivity contribution in [3.63, 3.8) is 0 Å². The van der Waals surface area contributed by atoms with E-state index in [0.29, 0.717) is 31.2 Å². The maximum absolute atomic E-state index is 12.3. The molecule has 1 aromatic heterocycles. The Hall–Kier alpha value is -2.08. The lowest BCUT2D eigenvalue weighted by Crippen LogP contribution is -2.46. The number of nitrogens with zero attached hydrogens (tertiary/aromatic N) is 3. The van der Waals surface area contributed by atoms with Crippen molar-refractivity contribution in [3.8, 4) is 0 Å². The fourth-order valence-corrected chi connectivity index (χ4v) is 4.05. The number of thiazole rings is 1. The number of hydrazine groups is 2. The lowest BCUT2D eigenvalue weighted by molar-refractivity contribution is -0.131. The van der Waals surface area contributed by atoms with Crippen molar-refractivity contribution >= 4 is 34.6 Å². The predicted molar refractivity (Wildman–Crippen MR) is 93.7 cm³/mol. The Labute approximate surface area is 149 Å². The summed E-state index contributed by atoms with van der Waals surface area (Å²) in [6, 6.07) is 0. The number of amides is 2. The van der Waals surface area contributed by atoms with Gasteiger partial charge in [0.05, 0.1) is 31.0 Å². The van der Waals surface area contributed by atoms with Gasteiger partial charge in [-0.15, -0.1) is 0 Å². The molecule has 3 heterocycles. The second kappa shape index (κ2) is 7.87. The Morgan fingerprint density at radius 2 is 2.28 bits per heavy atom. The van der Waals surface area contributed by atoms with Crippen LogP contribution in [-0.2, 0) is 22.6 Å². The molecule has 0 spiro atoms. The highest BCUT2D eigenvalue weighted by Gasteiger charge is 2.29. The van der Waals surface area contributed by atoms with Crippen LogP contribution in [0, 0.1) is 11.3 Å². The number of aromatic nitrogens is 1. The molecule has 1 saturated heterocycles. The minimum atomic E-state index is -0.115. The molecule has 10 nitrogen and oxygen atoms in total. The molecule has 0 saturated carbocycles. The maximum atomic E-state index is 12.3. The fourth-order valence-electron chi connectivity index (χ4n) is 3.03. The van der Waals surface area contributed by atoms with Gasteiger partial charge in [0.15, 0.2) is 5.13 Å². The van der Waals surface area contributed by atoms with E-state index >= 15 is 0 Å². The Balaban J connectivity index is 1.58. The molecular weight excluding hydrogens is 344 g/mol. The maximum Gasteiger partial charge on any atom is 0.238 e. The minimum Gasteiger partial charge on any atom is -0.362 e. The smallest absolute Gasteiger partial charge is 0.238 e. The molecule has 6 N–H and O–H groups in total. The predicted octanol–water partition coefficient (Wildman–Crippen LogP) is -1.14. The van der Waals surface area contributed by atoms with E-state index < -0.39 is 0 Å². The Morgan fingerprint density at radius 3 is 3.00 bits per heavy atom. The summed E-state index contributed by atoms with van der Waals surface area (Å²) < 4.78 is 0. The van der Waals surface area contributed by atoms with Crippen LogP contribution >= 0.6 is 11.3 Å². The van der Waals surface area contributed by atoms with Gasteiger partial charge in [0.25, 0.3) is 0 Å². The standard InChI is InChI=1S/C14H22N8O2S/c15-8-21-3-1-9(6-21)13(24)19-14-18-10-2-4-22(7-11(10)25-14)12(23)5-17-20-16/h8-9,15,17,20H,1-7,16H2,(H,18,19,24)/t9-/m0/s1. The van der Waals surface area contributed by atoms with E-state index in [1.54, 1.807) is 4.90 Å². The zero-order chi connectivity index (χ0) is 17.8. The molecule has 0 unspecified atom stereocenters. The van der Waals surface area contributed by atoms with Gasteiger partial charge in [0.1, 0.15) is 0 Å². The molecule has 11 heteroatoms. The van der Waals surface area contributed by atoms with Crippen LogP contribution in [0.25, 0.3) is 0 Å². The number of hydrogen-bond donors (Lipinski definition) is 5. The number of rotatable bonds is 6. The largest absolute Gasteiger partial charge is 0.362 e. The summed E-state index contributed by atoms with van der Waals surface area (Å²) >= 11 is 1.42. The summed E-state index contributed by atoms with van der Waals surface area (Å²) in [4.78, 5) is 33.5. The monoisotopic (exact) mass is 366 g/mol. The Bertz CT molecular complexity index is 663. The van der Waals surface area contributed by atoms with Crippen LogP contribution in [0.4, 0.5) is 5.13 Å². The van der Waals surface area contributed by atoms with Crippen molar-refractivity contribution in [1.82, 2.24) is 25.7 Å². The molecule has 2 aliphatic rings. The lowest BCUT2D eigenvalue weighted by atomic mass is 10.1. The summed E-state index contributed by atoms with van der Waals surface area (Å²) in [6.07, 6.45) is 2.70. The van der Waals surface area contributed by atoms with E-state index in [1.807, 2.05) is 4.90 Å². The second-order valence-electron chi connectivity index (χ2n) is 6.05. The average molecular weight is 366 g/mol. The van der Waals surface area contributed by atoms with Gasteiger partial charge in [-0.2, -0.15) is 5.53 Å². The molecule has 1 fully saturated rings. The first-order chi connectivity index (χ1) is 12.1. The molecule has 0 aromatic carbocycles. The highest BCUT2D eigenvalue weighted by atomic mass is 32.1. The van der Waals surface area contributed by atoms with Crippen LogP contribution in [0.2, 0.25) is 0 Å². The van der Waals surface area contributed by atoms with Crippen LogP contribution in [0.5, 0.6) is 0 Å². The van der Waals surface area contributed by atoms with Gasteiger partial charge in [-0.3, -0.25) is 20.8 Å². The molecule has 0 bridgehead atoms. The number of nitrogens with two attached hydrogens (primary N) is 1. The zero-order valence-electron chi connectivity index (χ0n) is 13.7. The van der Waals surface area contributed by atoms with Gasteiger partial charge in [0, 0.05) is 30.9 Å². The van der Waals surface area contributed by atoms with Gasteiger partial charge >= 0.3 is 0 Å². The van der Waals surface area contributed by atoms with E-state index in [4.69, 9.17) is 11.3 Å². The van der Waals surface area contributed by atoms with Gasteiger partial charge in [-0.1, -0.05) is 11.3 Å². The van der Waals surface area contributed by atoms with Crippen LogP contribution in [0.1, 0.15) is 17.0 Å². The van der Waals surface area contributed by atoms with Crippen LogP contribution in [-0.4, -0.2) is 59.1 Å². The quantitative estimate of drug-likeness (QED) is 0.186. The molecule has 25 heavy (non-hydrogen) atoms. The third-order valence-electron chi connectivity index (χ3n) is 4.43. The normalized spacial score (nSPS) is 19.6. The molecule has 0 radical (unpaired) electrons. The molecule has 0 aliphatic carbocycles. The van der Waals surface area contributed by atoms with E-state index in [1.165, 1.54) is 17.7 Å². The van der Waals surface area contributed by atoms with Crippen molar-refractivity contribution in [2.75, 3.05) is 31.5 Å². The van der Waals surface area contributed by atoms with Gasteiger partial charge in [-0.05, 0) is 6.42 Å². The SMILES string of the molecule is N=CN1CC[C@H](C(=O)Nc2nc3c(s2)CN(C(=O)CNNN)CC3)C1. The Morgan fingerprint density at radius 1 is 1.44 bits per heavy atom. The first-order valence-corrected chi connectivity index (χ1v) is 8.92. The van der Waals surface area contributed by atoms with Crippen molar-refractivity contribution < 1.29 is 9.59 Å². The van der Waals surface area contributed by atoms with E-state index in [0.717, 1.165) is 23.5 Å². The number of fused-ring (bicyclic) bond motifs is 1. The summed E-state index contributed by atoms with van der Waals surface area (Å²) in [6.45, 7) is 2.54. The second-order valence-corrected chi connectivity index (χ2v) is 7.13. The van der Waals surface area contributed by atoms with Crippen molar-refractivity contribution in [1.29, 1.82) is 5.41 Å². The van der Waals surface area contributed by atoms with E-state index in [-0.39, 0.29) is 24.3 Å². The number of carbonyl (C=O) groups is 2. The van der Waals surface area contributed by atoms with Crippen LogP contribution in [0.3, 0.4) is 0 Å². The molecule has 1 aromatic rings. The topological polar surface area (TPSA) is 139 Å². The van der Waals surface area contributed by atoms with Gasteiger partial charge in [-0.25, -0.2) is 10.4 Å². The number of carbonyl (C=O) groups excluding carboxylic acids is 2. The highest BCUT2D eigenvalue weighted by molar-refractivity contribution is 7.15. The molecule has 2 aliphatic heterocycles. The summed E-state index contributed by atoms with van der Waals surface area (Å²) in [5, 5.41) is 10.7. The molecular formula is C14H22N8O2S. The van der Waals surface area contributed by atoms with E-state index in [2.05, 4.69) is 21.3 Å². The van der Waals surface area contributed by atoms with Crippen molar-refractivity contribution in [2.24, 2.45) is 11.8 Å². The van der Waals surface area contributed by atoms with Crippen LogP contribution in [0.15, 0.2) is 0 Å². The third-order valence-corrected chi connectivity index (χ3v) is 5.43.